The first-order chi connectivity index (χ1) is 8.74. The Morgan fingerprint density at radius 3 is 2.61 bits per heavy atom. The van der Waals surface area contributed by atoms with E-state index in [2.05, 4.69) is 28.1 Å². The minimum atomic E-state index is 0.246. The van der Waals surface area contributed by atoms with E-state index in [4.69, 9.17) is 4.42 Å². The van der Waals surface area contributed by atoms with E-state index < -0.39 is 0 Å². The smallest absolute Gasteiger partial charge is 0.135 e. The van der Waals surface area contributed by atoms with Gasteiger partial charge < -0.3 is 9.52 Å². The van der Waals surface area contributed by atoms with Crippen LogP contribution in [0.1, 0.15) is 11.3 Å². The van der Waals surface area contributed by atoms with Gasteiger partial charge in [-0.15, -0.1) is 0 Å². The van der Waals surface area contributed by atoms with Crippen LogP contribution in [0.5, 0.6) is 5.75 Å². The molecule has 2 nitrogen and oxygen atoms in total. The van der Waals surface area contributed by atoms with Gasteiger partial charge in [-0.25, -0.2) is 0 Å². The highest BCUT2D eigenvalue weighted by molar-refractivity contribution is 9.10. The third-order valence-corrected chi connectivity index (χ3v) is 3.75. The lowest BCUT2D eigenvalue weighted by Crippen LogP contribution is -1.85. The first kappa shape index (κ1) is 11.4. The van der Waals surface area contributed by atoms with Crippen molar-refractivity contribution in [1.82, 2.24) is 0 Å². The number of phenolic OH excluding ortho intramolecular Hbond substituents is 1. The molecule has 0 aliphatic heterocycles. The number of furan rings is 1. The van der Waals surface area contributed by atoms with Crippen LogP contribution in [0.3, 0.4) is 0 Å². The molecule has 0 saturated heterocycles. The molecule has 3 rings (SSSR count). The average Bonchev–Trinajstić information content (AvgIpc) is 2.68. The third-order valence-electron chi connectivity index (χ3n) is 2.89. The Hall–Kier alpha value is -1.74. The number of phenols is 1. The van der Waals surface area contributed by atoms with E-state index in [-0.39, 0.29) is 5.75 Å². The number of benzene rings is 2. The Morgan fingerprint density at radius 2 is 1.83 bits per heavy atom. The largest absolute Gasteiger partial charge is 0.508 e. The molecule has 0 aliphatic carbocycles. The van der Waals surface area contributed by atoms with Crippen molar-refractivity contribution in [2.24, 2.45) is 0 Å². The molecule has 1 heterocycles. The molecule has 90 valence electrons. The Kier molecular flexibility index (Phi) is 2.84. The number of hydrogen-bond acceptors (Lipinski definition) is 2. The molecule has 0 radical (unpaired) electrons. The second-order valence-corrected chi connectivity index (χ2v) is 4.98. The van der Waals surface area contributed by atoms with Crippen LogP contribution in [0.4, 0.5) is 0 Å². The van der Waals surface area contributed by atoms with Crippen molar-refractivity contribution < 1.29 is 9.52 Å². The summed E-state index contributed by atoms with van der Waals surface area (Å²) in [5.74, 6) is 1.12. The van der Waals surface area contributed by atoms with Crippen LogP contribution >= 0.6 is 15.9 Å². The van der Waals surface area contributed by atoms with Crippen LogP contribution < -0.4 is 0 Å². The van der Waals surface area contributed by atoms with Gasteiger partial charge in [0.1, 0.15) is 17.1 Å². The van der Waals surface area contributed by atoms with Crippen molar-refractivity contribution in [1.29, 1.82) is 0 Å². The van der Waals surface area contributed by atoms with Crippen LogP contribution in [-0.2, 0) is 6.42 Å². The Balaban J connectivity index is 2.05. The Labute approximate surface area is 113 Å². The zero-order chi connectivity index (χ0) is 12.5. The molecular formula is C15H11BrO2. The van der Waals surface area contributed by atoms with E-state index in [1.807, 2.05) is 18.2 Å². The summed E-state index contributed by atoms with van der Waals surface area (Å²) in [5, 5.41) is 10.4. The molecule has 0 saturated carbocycles. The van der Waals surface area contributed by atoms with Gasteiger partial charge in [0.25, 0.3) is 0 Å². The number of aromatic hydroxyl groups is 1. The van der Waals surface area contributed by atoms with Crippen molar-refractivity contribution >= 4 is 26.9 Å². The maximum atomic E-state index is 9.49. The summed E-state index contributed by atoms with van der Waals surface area (Å²) in [6.07, 6.45) is 0.733. The molecule has 0 bridgehead atoms. The Morgan fingerprint density at radius 1 is 1.06 bits per heavy atom. The molecule has 3 aromatic rings. The van der Waals surface area contributed by atoms with Crippen molar-refractivity contribution in [2.75, 3.05) is 0 Å². The first-order valence-corrected chi connectivity index (χ1v) is 6.47. The quantitative estimate of drug-likeness (QED) is 0.756. The Bertz CT molecular complexity index is 686. The fraction of sp³-hybridized carbons (Fsp3) is 0.0667. The zero-order valence-electron chi connectivity index (χ0n) is 9.56. The van der Waals surface area contributed by atoms with Crippen molar-refractivity contribution in [3.05, 3.63) is 64.3 Å². The first-order valence-electron chi connectivity index (χ1n) is 5.68. The van der Waals surface area contributed by atoms with Crippen LogP contribution in [0, 0.1) is 0 Å². The summed E-state index contributed by atoms with van der Waals surface area (Å²) in [7, 11) is 0. The lowest BCUT2D eigenvalue weighted by molar-refractivity contribution is 0.475. The van der Waals surface area contributed by atoms with Crippen LogP contribution in [0.2, 0.25) is 0 Å². The summed E-state index contributed by atoms with van der Waals surface area (Å²) in [5.41, 5.74) is 1.98. The molecule has 0 amide bonds. The molecule has 1 N–H and O–H groups in total. The van der Waals surface area contributed by atoms with Gasteiger partial charge in [0.15, 0.2) is 0 Å². The SMILES string of the molecule is Oc1ccc2oc(Cc3ccccc3)c(Br)c2c1. The van der Waals surface area contributed by atoms with Gasteiger partial charge in [0.05, 0.1) is 4.47 Å². The molecule has 1 aromatic heterocycles. The van der Waals surface area contributed by atoms with Gasteiger partial charge in [-0.2, -0.15) is 0 Å². The van der Waals surface area contributed by atoms with Gasteiger partial charge in [-0.05, 0) is 39.7 Å². The van der Waals surface area contributed by atoms with Gasteiger partial charge in [-0.1, -0.05) is 30.3 Å². The summed E-state index contributed by atoms with van der Waals surface area (Å²) < 4.78 is 6.71. The van der Waals surface area contributed by atoms with E-state index >= 15 is 0 Å². The predicted octanol–water partition coefficient (Wildman–Crippen LogP) is 4.49. The molecular weight excluding hydrogens is 292 g/mol. The van der Waals surface area contributed by atoms with Gasteiger partial charge >= 0.3 is 0 Å². The topological polar surface area (TPSA) is 33.4 Å². The highest BCUT2D eigenvalue weighted by atomic mass is 79.9. The maximum Gasteiger partial charge on any atom is 0.135 e. The summed E-state index contributed by atoms with van der Waals surface area (Å²) >= 11 is 3.54. The highest BCUT2D eigenvalue weighted by Crippen LogP contribution is 2.34. The van der Waals surface area contributed by atoms with E-state index in [1.165, 1.54) is 5.56 Å². The van der Waals surface area contributed by atoms with Crippen LogP contribution in [0.25, 0.3) is 11.0 Å². The number of fused-ring (bicyclic) bond motifs is 1. The maximum absolute atomic E-state index is 9.49. The number of rotatable bonds is 2. The van der Waals surface area contributed by atoms with Crippen molar-refractivity contribution in [3.63, 3.8) is 0 Å². The molecule has 0 spiro atoms. The molecule has 0 atom stereocenters. The standard InChI is InChI=1S/C15H11BrO2/c16-15-12-9-11(17)6-7-13(12)18-14(15)8-10-4-2-1-3-5-10/h1-7,9,17H,8H2. The van der Waals surface area contributed by atoms with Crippen molar-refractivity contribution in [3.8, 4) is 5.75 Å². The number of halogens is 1. The fourth-order valence-corrected chi connectivity index (χ4v) is 2.53. The predicted molar refractivity (Wildman–Crippen MR) is 74.8 cm³/mol. The molecule has 2 aromatic carbocycles. The van der Waals surface area contributed by atoms with Crippen LogP contribution in [0.15, 0.2) is 57.4 Å². The van der Waals surface area contributed by atoms with Crippen molar-refractivity contribution in [2.45, 2.75) is 6.42 Å². The molecule has 0 unspecified atom stereocenters. The average molecular weight is 303 g/mol. The highest BCUT2D eigenvalue weighted by Gasteiger charge is 2.12. The normalized spacial score (nSPS) is 10.9. The summed E-state index contributed by atoms with van der Waals surface area (Å²) in [6, 6.07) is 15.3. The monoisotopic (exact) mass is 302 g/mol. The zero-order valence-corrected chi connectivity index (χ0v) is 11.1. The van der Waals surface area contributed by atoms with Gasteiger partial charge in [0, 0.05) is 11.8 Å². The lowest BCUT2D eigenvalue weighted by atomic mass is 10.1. The van der Waals surface area contributed by atoms with Gasteiger partial charge in [0.2, 0.25) is 0 Å². The summed E-state index contributed by atoms with van der Waals surface area (Å²) in [4.78, 5) is 0. The van der Waals surface area contributed by atoms with Gasteiger partial charge in [-0.3, -0.25) is 0 Å². The van der Waals surface area contributed by atoms with E-state index in [1.54, 1.807) is 18.2 Å². The molecule has 0 fully saturated rings. The van der Waals surface area contributed by atoms with Crippen LogP contribution in [-0.4, -0.2) is 5.11 Å². The minimum absolute atomic E-state index is 0.246. The van der Waals surface area contributed by atoms with E-state index in [9.17, 15) is 5.11 Å². The van der Waals surface area contributed by atoms with E-state index in [0.717, 1.165) is 27.6 Å². The lowest BCUT2D eigenvalue weighted by Gasteiger charge is -1.97. The fourth-order valence-electron chi connectivity index (χ4n) is 2.00. The summed E-state index contributed by atoms with van der Waals surface area (Å²) in [6.45, 7) is 0. The van der Waals surface area contributed by atoms with E-state index in [0.29, 0.717) is 0 Å². The minimum Gasteiger partial charge on any atom is -0.508 e. The number of hydrogen-bond donors (Lipinski definition) is 1. The third kappa shape index (κ3) is 2.02. The molecule has 18 heavy (non-hydrogen) atoms. The molecule has 0 aliphatic rings. The molecule has 3 heteroatoms. The second kappa shape index (κ2) is 4.50. The second-order valence-electron chi connectivity index (χ2n) is 4.18.